The summed E-state index contributed by atoms with van der Waals surface area (Å²) in [7, 11) is 0. The first kappa shape index (κ1) is 20.5. The highest BCUT2D eigenvalue weighted by atomic mass is 79.9. The summed E-state index contributed by atoms with van der Waals surface area (Å²) in [5.74, 6) is 1.84. The predicted octanol–water partition coefficient (Wildman–Crippen LogP) is 3.62. The minimum absolute atomic E-state index is 0. The van der Waals surface area contributed by atoms with Crippen LogP contribution >= 0.6 is 17.0 Å². The minimum atomic E-state index is 0. The number of anilines is 2. The van der Waals surface area contributed by atoms with E-state index in [2.05, 4.69) is 60.4 Å². The molecule has 0 atom stereocenters. The third kappa shape index (κ3) is 5.17. The van der Waals surface area contributed by atoms with Crippen LogP contribution < -0.4 is 10.2 Å². The summed E-state index contributed by atoms with van der Waals surface area (Å²) in [5.41, 5.74) is 0. The van der Waals surface area contributed by atoms with Gasteiger partial charge in [-0.25, -0.2) is 15.0 Å². The average molecular weight is 443 g/mol. The lowest BCUT2D eigenvalue weighted by atomic mass is 10.1. The molecule has 6 nitrogen and oxygen atoms in total. The van der Waals surface area contributed by atoms with Crippen molar-refractivity contribution >= 4 is 39.5 Å². The van der Waals surface area contributed by atoms with Crippen molar-refractivity contribution in [2.24, 2.45) is 0 Å². The summed E-state index contributed by atoms with van der Waals surface area (Å²) < 4.78 is 0. The van der Waals surface area contributed by atoms with E-state index in [4.69, 9.17) is 0 Å². The summed E-state index contributed by atoms with van der Waals surface area (Å²) >= 11 is 0. The van der Waals surface area contributed by atoms with Crippen molar-refractivity contribution in [3.05, 3.63) is 55.0 Å². The van der Waals surface area contributed by atoms with Gasteiger partial charge in [-0.15, -0.1) is 17.0 Å². The molecule has 0 saturated carbocycles. The number of pyridine rings is 1. The molecule has 0 spiro atoms. The SMILES string of the molecule is Br.c1cnc(N2CCN(CCCCNc3nccc4ccccc34)CC2)nc1. The number of hydrogen-bond donors (Lipinski definition) is 1. The van der Waals surface area contributed by atoms with Gasteiger partial charge in [0.25, 0.3) is 0 Å². The summed E-state index contributed by atoms with van der Waals surface area (Å²) in [4.78, 5) is 18.0. The number of hydrogen-bond acceptors (Lipinski definition) is 6. The Labute approximate surface area is 176 Å². The Hall–Kier alpha value is -2.25. The summed E-state index contributed by atoms with van der Waals surface area (Å²) in [6, 6.07) is 12.3. The molecule has 4 rings (SSSR count). The maximum Gasteiger partial charge on any atom is 0.225 e. The zero-order valence-electron chi connectivity index (χ0n) is 16.0. The Morgan fingerprint density at radius 3 is 2.43 bits per heavy atom. The quantitative estimate of drug-likeness (QED) is 0.563. The van der Waals surface area contributed by atoms with Crippen LogP contribution in [0.5, 0.6) is 0 Å². The zero-order valence-corrected chi connectivity index (χ0v) is 17.7. The molecule has 1 aromatic carbocycles. The first-order chi connectivity index (χ1) is 13.4. The molecular weight excluding hydrogens is 416 g/mol. The maximum atomic E-state index is 4.49. The summed E-state index contributed by atoms with van der Waals surface area (Å²) in [6.45, 7) is 6.27. The van der Waals surface area contributed by atoms with Crippen LogP contribution in [-0.2, 0) is 0 Å². The van der Waals surface area contributed by atoms with Gasteiger partial charge in [0.15, 0.2) is 0 Å². The fraction of sp³-hybridized carbons (Fsp3) is 0.381. The summed E-state index contributed by atoms with van der Waals surface area (Å²) in [5, 5.41) is 5.93. The number of rotatable bonds is 7. The van der Waals surface area contributed by atoms with Gasteiger partial charge in [0.05, 0.1) is 0 Å². The number of halogens is 1. The van der Waals surface area contributed by atoms with Crippen molar-refractivity contribution in [2.75, 3.05) is 49.5 Å². The second kappa shape index (κ2) is 10.3. The second-order valence-corrected chi connectivity index (χ2v) is 6.89. The predicted molar refractivity (Wildman–Crippen MR) is 120 cm³/mol. The zero-order chi connectivity index (χ0) is 18.3. The number of nitrogens with one attached hydrogen (secondary N) is 1. The van der Waals surface area contributed by atoms with Gasteiger partial charge in [-0.2, -0.15) is 0 Å². The van der Waals surface area contributed by atoms with Crippen molar-refractivity contribution in [2.45, 2.75) is 12.8 Å². The van der Waals surface area contributed by atoms with Gasteiger partial charge in [-0.1, -0.05) is 24.3 Å². The maximum absolute atomic E-state index is 4.49. The Bertz CT molecular complexity index is 846. The van der Waals surface area contributed by atoms with Crippen molar-refractivity contribution < 1.29 is 0 Å². The largest absolute Gasteiger partial charge is 0.370 e. The van der Waals surface area contributed by atoms with Crippen LogP contribution in [0.3, 0.4) is 0 Å². The van der Waals surface area contributed by atoms with Crippen molar-refractivity contribution in [1.29, 1.82) is 0 Å². The Kier molecular flexibility index (Phi) is 7.56. The standard InChI is InChI=1S/C21H26N6.BrH/c1-2-7-19-18(6-1)8-12-23-20(19)22-9-3-4-13-26-14-16-27(17-15-26)21-24-10-5-11-25-21;/h1-2,5-8,10-12H,3-4,9,13-17H2,(H,22,23);1H. The van der Waals surface area contributed by atoms with Gasteiger partial charge in [-0.3, -0.25) is 4.90 Å². The molecule has 1 aliphatic heterocycles. The molecule has 1 fully saturated rings. The van der Waals surface area contributed by atoms with E-state index in [0.717, 1.165) is 57.5 Å². The van der Waals surface area contributed by atoms with Crippen molar-refractivity contribution in [1.82, 2.24) is 19.9 Å². The summed E-state index contributed by atoms with van der Waals surface area (Å²) in [6.07, 6.45) is 7.84. The highest BCUT2D eigenvalue weighted by Gasteiger charge is 2.18. The van der Waals surface area contributed by atoms with Crippen LogP contribution in [0.25, 0.3) is 10.8 Å². The Morgan fingerprint density at radius 1 is 0.821 bits per heavy atom. The third-order valence-electron chi connectivity index (χ3n) is 5.07. The molecular formula is C21H27BrN6. The molecule has 28 heavy (non-hydrogen) atoms. The van der Waals surface area contributed by atoms with Gasteiger partial charge in [0.2, 0.25) is 5.95 Å². The fourth-order valence-corrected chi connectivity index (χ4v) is 3.55. The Morgan fingerprint density at radius 2 is 1.61 bits per heavy atom. The molecule has 148 valence electrons. The van der Waals surface area contributed by atoms with E-state index in [1.165, 1.54) is 17.2 Å². The molecule has 0 aliphatic carbocycles. The van der Waals surface area contributed by atoms with Gasteiger partial charge in [0.1, 0.15) is 5.82 Å². The number of unbranched alkanes of at least 4 members (excludes halogenated alkanes) is 1. The highest BCUT2D eigenvalue weighted by Crippen LogP contribution is 2.20. The molecule has 3 aromatic rings. The van der Waals surface area contributed by atoms with E-state index in [9.17, 15) is 0 Å². The first-order valence-electron chi connectivity index (χ1n) is 9.72. The number of benzene rings is 1. The van der Waals surface area contributed by atoms with E-state index in [-0.39, 0.29) is 17.0 Å². The molecule has 1 aliphatic rings. The second-order valence-electron chi connectivity index (χ2n) is 6.89. The molecule has 2 aromatic heterocycles. The number of nitrogens with zero attached hydrogens (tertiary/aromatic N) is 5. The van der Waals surface area contributed by atoms with Crippen LogP contribution in [-0.4, -0.2) is 59.1 Å². The molecule has 0 bridgehead atoms. The van der Waals surface area contributed by atoms with Crippen LogP contribution in [0.4, 0.5) is 11.8 Å². The number of piperazine rings is 1. The lowest BCUT2D eigenvalue weighted by Crippen LogP contribution is -2.47. The minimum Gasteiger partial charge on any atom is -0.370 e. The molecule has 1 N–H and O–H groups in total. The topological polar surface area (TPSA) is 57.2 Å². The average Bonchev–Trinajstić information content (AvgIpc) is 2.75. The van der Waals surface area contributed by atoms with Gasteiger partial charge in [-0.05, 0) is 36.9 Å². The monoisotopic (exact) mass is 442 g/mol. The normalized spacial score (nSPS) is 14.6. The first-order valence-corrected chi connectivity index (χ1v) is 9.72. The molecule has 3 heterocycles. The van der Waals surface area contributed by atoms with Gasteiger partial charge < -0.3 is 10.2 Å². The van der Waals surface area contributed by atoms with Crippen molar-refractivity contribution in [3.8, 4) is 0 Å². The lowest BCUT2D eigenvalue weighted by Gasteiger charge is -2.34. The third-order valence-corrected chi connectivity index (χ3v) is 5.07. The lowest BCUT2D eigenvalue weighted by molar-refractivity contribution is 0.252. The Balaban J connectivity index is 0.00000225. The van der Waals surface area contributed by atoms with Crippen LogP contribution in [0.2, 0.25) is 0 Å². The molecule has 1 saturated heterocycles. The number of fused-ring (bicyclic) bond motifs is 1. The number of aromatic nitrogens is 3. The molecule has 0 radical (unpaired) electrons. The van der Waals surface area contributed by atoms with E-state index < -0.39 is 0 Å². The molecule has 0 unspecified atom stereocenters. The smallest absolute Gasteiger partial charge is 0.225 e. The van der Waals surface area contributed by atoms with Gasteiger partial charge in [0, 0.05) is 56.7 Å². The van der Waals surface area contributed by atoms with E-state index in [1.54, 1.807) is 0 Å². The van der Waals surface area contributed by atoms with E-state index in [1.807, 2.05) is 24.7 Å². The van der Waals surface area contributed by atoms with Crippen LogP contribution in [0.15, 0.2) is 55.0 Å². The highest BCUT2D eigenvalue weighted by molar-refractivity contribution is 8.93. The fourth-order valence-electron chi connectivity index (χ4n) is 3.55. The van der Waals surface area contributed by atoms with Gasteiger partial charge >= 0.3 is 0 Å². The van der Waals surface area contributed by atoms with E-state index >= 15 is 0 Å². The molecule has 7 heteroatoms. The van der Waals surface area contributed by atoms with E-state index in [0.29, 0.717) is 0 Å². The molecule has 0 amide bonds. The van der Waals surface area contributed by atoms with Crippen LogP contribution in [0.1, 0.15) is 12.8 Å². The van der Waals surface area contributed by atoms with Crippen molar-refractivity contribution in [3.63, 3.8) is 0 Å². The van der Waals surface area contributed by atoms with Crippen LogP contribution in [0, 0.1) is 0 Å².